The number of hydrogen-bond donors (Lipinski definition) is 0. The van der Waals surface area contributed by atoms with Crippen molar-refractivity contribution in [3.63, 3.8) is 0 Å². The van der Waals surface area contributed by atoms with Crippen molar-refractivity contribution in [2.45, 2.75) is 0 Å². The molecule has 0 spiro atoms. The third-order valence-electron chi connectivity index (χ3n) is 10.9. The first-order valence-electron chi connectivity index (χ1n) is 18.7. The van der Waals surface area contributed by atoms with Crippen molar-refractivity contribution in [1.82, 2.24) is 0 Å². The molecule has 11 aromatic rings. The van der Waals surface area contributed by atoms with E-state index in [9.17, 15) is 0 Å². The van der Waals surface area contributed by atoms with Crippen molar-refractivity contribution in [2.75, 3.05) is 4.90 Å². The van der Waals surface area contributed by atoms with Crippen LogP contribution in [0.1, 0.15) is 0 Å². The van der Waals surface area contributed by atoms with Crippen LogP contribution in [0.4, 0.5) is 17.1 Å². The second kappa shape index (κ2) is 12.9. The average Bonchev–Trinajstić information content (AvgIpc) is 3.83. The Labute approximate surface area is 322 Å². The van der Waals surface area contributed by atoms with Crippen LogP contribution in [-0.4, -0.2) is 0 Å². The number of benzene rings is 9. The lowest BCUT2D eigenvalue weighted by Crippen LogP contribution is -2.10. The highest BCUT2D eigenvalue weighted by Crippen LogP contribution is 2.43. The van der Waals surface area contributed by atoms with Gasteiger partial charge in [-0.05, 0) is 105 Å². The third kappa shape index (κ3) is 5.40. The number of furan rings is 1. The molecule has 11 rings (SSSR count). The van der Waals surface area contributed by atoms with E-state index in [4.69, 9.17) is 4.42 Å². The molecule has 0 unspecified atom stereocenters. The van der Waals surface area contributed by atoms with Crippen molar-refractivity contribution in [2.24, 2.45) is 0 Å². The molecule has 0 saturated heterocycles. The van der Waals surface area contributed by atoms with Crippen molar-refractivity contribution >= 4 is 81.3 Å². The van der Waals surface area contributed by atoms with E-state index < -0.39 is 0 Å². The minimum atomic E-state index is 0.908. The number of hydrogen-bond acceptors (Lipinski definition) is 3. The number of fused-ring (bicyclic) bond motifs is 7. The van der Waals surface area contributed by atoms with Crippen LogP contribution in [-0.2, 0) is 0 Å². The first kappa shape index (κ1) is 31.6. The quantitative estimate of drug-likeness (QED) is 0.170. The number of rotatable bonds is 6. The Morgan fingerprint density at radius 2 is 0.964 bits per heavy atom. The van der Waals surface area contributed by atoms with Crippen molar-refractivity contribution < 1.29 is 4.42 Å². The van der Waals surface area contributed by atoms with E-state index in [-0.39, 0.29) is 0 Å². The maximum absolute atomic E-state index is 6.12. The Hall–Kier alpha value is -6.94. The average molecular weight is 720 g/mol. The molecule has 0 N–H and O–H groups in total. The van der Waals surface area contributed by atoms with E-state index in [1.165, 1.54) is 53.2 Å². The highest BCUT2D eigenvalue weighted by Gasteiger charge is 2.17. The summed E-state index contributed by atoms with van der Waals surface area (Å²) >= 11 is 1.87. The number of para-hydroxylation sites is 1. The van der Waals surface area contributed by atoms with Crippen LogP contribution in [0.25, 0.3) is 86.3 Å². The molecule has 0 amide bonds. The van der Waals surface area contributed by atoms with Gasteiger partial charge in [0.1, 0.15) is 11.2 Å². The van der Waals surface area contributed by atoms with E-state index in [1.807, 2.05) is 23.5 Å². The van der Waals surface area contributed by atoms with Crippen LogP contribution < -0.4 is 4.90 Å². The Kier molecular flexibility index (Phi) is 7.39. The molecular formula is C52H33NOS. The molecule has 0 aliphatic carbocycles. The highest BCUT2D eigenvalue weighted by atomic mass is 32.1. The summed E-state index contributed by atoms with van der Waals surface area (Å²) in [6, 6.07) is 72.3. The predicted octanol–water partition coefficient (Wildman–Crippen LogP) is 15.6. The minimum absolute atomic E-state index is 0.908. The summed E-state index contributed by atoms with van der Waals surface area (Å²) in [7, 11) is 0. The van der Waals surface area contributed by atoms with Crippen LogP contribution >= 0.6 is 11.3 Å². The molecule has 3 heteroatoms. The molecule has 0 radical (unpaired) electrons. The highest BCUT2D eigenvalue weighted by molar-refractivity contribution is 7.26. The van der Waals surface area contributed by atoms with E-state index in [0.717, 1.165) is 50.1 Å². The summed E-state index contributed by atoms with van der Waals surface area (Å²) in [6.45, 7) is 0. The molecule has 258 valence electrons. The van der Waals surface area contributed by atoms with Gasteiger partial charge in [-0.3, -0.25) is 0 Å². The molecule has 2 nitrogen and oxygen atoms in total. The zero-order valence-electron chi connectivity index (χ0n) is 29.8. The summed E-state index contributed by atoms with van der Waals surface area (Å²) in [4.78, 5) is 2.37. The van der Waals surface area contributed by atoms with Gasteiger partial charge in [-0.15, -0.1) is 11.3 Å². The fourth-order valence-corrected chi connectivity index (χ4v) is 9.45. The Balaban J connectivity index is 1.02. The summed E-state index contributed by atoms with van der Waals surface area (Å²) in [5.74, 6) is 0. The van der Waals surface area contributed by atoms with Gasteiger partial charge in [0.15, 0.2) is 0 Å². The standard InChI is InChI=1S/C52H33NOS/c1-2-14-42-35(10-1)11-8-17-43(42)38-12-7-13-41(32-38)53(39-27-22-34(23-28-39)37-26-31-50-48(33-37)45-15-3-5-20-49(45)54-50)40-29-24-36(25-30-40)44-18-9-19-47-46-16-4-6-21-51(46)55-52(44)47/h1-33H. The lowest BCUT2D eigenvalue weighted by Gasteiger charge is -2.26. The maximum atomic E-state index is 6.12. The summed E-state index contributed by atoms with van der Waals surface area (Å²) in [5, 5.41) is 7.40. The molecule has 0 bridgehead atoms. The first-order valence-corrected chi connectivity index (χ1v) is 19.5. The molecule has 9 aromatic carbocycles. The largest absolute Gasteiger partial charge is 0.456 e. The van der Waals surface area contributed by atoms with Gasteiger partial charge >= 0.3 is 0 Å². The molecule has 0 saturated carbocycles. The molecule has 0 aliphatic rings. The van der Waals surface area contributed by atoms with Crippen molar-refractivity contribution in [3.05, 3.63) is 200 Å². The Morgan fingerprint density at radius 1 is 0.345 bits per heavy atom. The summed E-state index contributed by atoms with van der Waals surface area (Å²) in [6.07, 6.45) is 0. The van der Waals surface area contributed by atoms with Crippen LogP contribution in [0.5, 0.6) is 0 Å². The zero-order chi connectivity index (χ0) is 36.3. The van der Waals surface area contributed by atoms with E-state index in [1.54, 1.807) is 0 Å². The summed E-state index contributed by atoms with van der Waals surface area (Å²) < 4.78 is 8.77. The lowest BCUT2D eigenvalue weighted by atomic mass is 9.97. The number of anilines is 3. The van der Waals surface area contributed by atoms with E-state index in [2.05, 4.69) is 193 Å². The topological polar surface area (TPSA) is 16.4 Å². The third-order valence-corrected chi connectivity index (χ3v) is 12.1. The van der Waals surface area contributed by atoms with Crippen LogP contribution in [0.2, 0.25) is 0 Å². The predicted molar refractivity (Wildman–Crippen MR) is 235 cm³/mol. The number of nitrogens with zero attached hydrogens (tertiary/aromatic N) is 1. The molecule has 2 heterocycles. The normalized spacial score (nSPS) is 11.6. The molecular weight excluding hydrogens is 687 g/mol. The molecule has 2 aromatic heterocycles. The maximum Gasteiger partial charge on any atom is 0.135 e. The smallest absolute Gasteiger partial charge is 0.135 e. The van der Waals surface area contributed by atoms with Gasteiger partial charge in [0.25, 0.3) is 0 Å². The Bertz CT molecular complexity index is 3200. The van der Waals surface area contributed by atoms with Crippen LogP contribution in [0.15, 0.2) is 205 Å². The van der Waals surface area contributed by atoms with Gasteiger partial charge in [-0.2, -0.15) is 0 Å². The minimum Gasteiger partial charge on any atom is -0.456 e. The fourth-order valence-electron chi connectivity index (χ4n) is 8.21. The van der Waals surface area contributed by atoms with Gasteiger partial charge < -0.3 is 9.32 Å². The zero-order valence-corrected chi connectivity index (χ0v) is 30.6. The van der Waals surface area contributed by atoms with Crippen molar-refractivity contribution in [1.29, 1.82) is 0 Å². The van der Waals surface area contributed by atoms with Gasteiger partial charge in [0, 0.05) is 48.0 Å². The van der Waals surface area contributed by atoms with E-state index >= 15 is 0 Å². The van der Waals surface area contributed by atoms with Gasteiger partial charge in [-0.1, -0.05) is 140 Å². The second-order valence-electron chi connectivity index (χ2n) is 14.1. The molecule has 0 atom stereocenters. The fraction of sp³-hybridized carbons (Fsp3) is 0. The Morgan fingerprint density at radius 3 is 1.82 bits per heavy atom. The van der Waals surface area contributed by atoms with E-state index in [0.29, 0.717) is 0 Å². The van der Waals surface area contributed by atoms with Crippen molar-refractivity contribution in [3.8, 4) is 33.4 Å². The number of thiophene rings is 1. The van der Waals surface area contributed by atoms with Crippen LogP contribution in [0.3, 0.4) is 0 Å². The summed E-state index contributed by atoms with van der Waals surface area (Å²) in [5.41, 5.74) is 12.3. The molecule has 0 aliphatic heterocycles. The monoisotopic (exact) mass is 719 g/mol. The lowest BCUT2D eigenvalue weighted by molar-refractivity contribution is 0.669. The van der Waals surface area contributed by atoms with Gasteiger partial charge in [0.05, 0.1) is 0 Å². The molecule has 55 heavy (non-hydrogen) atoms. The molecule has 0 fully saturated rings. The van der Waals surface area contributed by atoms with Gasteiger partial charge in [-0.25, -0.2) is 0 Å². The first-order chi connectivity index (χ1) is 27.2. The van der Waals surface area contributed by atoms with Crippen LogP contribution in [0, 0.1) is 0 Å². The SMILES string of the molecule is c1cc(-c2cccc3ccccc23)cc(N(c2ccc(-c3ccc4oc5ccccc5c4c3)cc2)c2ccc(-c3cccc4c3sc3ccccc34)cc2)c1. The van der Waals surface area contributed by atoms with Gasteiger partial charge in [0.2, 0.25) is 0 Å². The second-order valence-corrected chi connectivity index (χ2v) is 15.1.